The van der Waals surface area contributed by atoms with Gasteiger partial charge in [-0.25, -0.2) is 0 Å². The smallest absolute Gasteiger partial charge is 0.163 e. The van der Waals surface area contributed by atoms with Gasteiger partial charge in [0.05, 0.1) is 0 Å². The summed E-state index contributed by atoms with van der Waals surface area (Å²) in [4.78, 5) is 11.4. The second kappa shape index (κ2) is 3.02. The number of halogens is 1. The lowest BCUT2D eigenvalue weighted by Crippen LogP contribution is -1.93. The second-order valence-electron chi connectivity index (χ2n) is 3.07. The molecule has 62 valence electrons. The van der Waals surface area contributed by atoms with Gasteiger partial charge in [0.15, 0.2) is 5.78 Å². The van der Waals surface area contributed by atoms with Crippen molar-refractivity contribution >= 4 is 21.7 Å². The summed E-state index contributed by atoms with van der Waals surface area (Å²) in [6.45, 7) is 0. The number of carbonyl (C=O) groups is 1. The van der Waals surface area contributed by atoms with Crippen LogP contribution in [0.4, 0.5) is 0 Å². The summed E-state index contributed by atoms with van der Waals surface area (Å²) in [5.41, 5.74) is 2.13. The quantitative estimate of drug-likeness (QED) is 0.671. The van der Waals surface area contributed by atoms with Gasteiger partial charge in [0.1, 0.15) is 0 Å². The van der Waals surface area contributed by atoms with Crippen molar-refractivity contribution in [1.82, 2.24) is 0 Å². The monoisotopic (exact) mass is 224 g/mol. The van der Waals surface area contributed by atoms with E-state index in [1.807, 2.05) is 24.3 Å². The van der Waals surface area contributed by atoms with Gasteiger partial charge in [0, 0.05) is 23.2 Å². The van der Waals surface area contributed by atoms with E-state index in [4.69, 9.17) is 0 Å². The molecule has 12 heavy (non-hydrogen) atoms. The molecule has 1 nitrogen and oxygen atoms in total. The van der Waals surface area contributed by atoms with E-state index in [9.17, 15) is 4.79 Å². The van der Waals surface area contributed by atoms with Gasteiger partial charge >= 0.3 is 0 Å². The number of hydrogen-bond donors (Lipinski definition) is 0. The number of hydrogen-bond acceptors (Lipinski definition) is 1. The molecule has 0 heterocycles. The molecule has 1 aliphatic rings. The molecule has 1 unspecified atom stereocenters. The molecular weight excluding hydrogens is 216 g/mol. The van der Waals surface area contributed by atoms with Crippen LogP contribution in [-0.2, 0) is 0 Å². The molecule has 1 atom stereocenters. The maximum atomic E-state index is 11.4. The van der Waals surface area contributed by atoms with E-state index in [-0.39, 0.29) is 5.78 Å². The maximum Gasteiger partial charge on any atom is 0.163 e. The third-order valence-electron chi connectivity index (χ3n) is 2.32. The molecular formula is C10H9BrO. The Labute approximate surface area is 79.9 Å². The van der Waals surface area contributed by atoms with E-state index in [0.717, 1.165) is 10.9 Å². The fourth-order valence-corrected chi connectivity index (χ4v) is 2.27. The van der Waals surface area contributed by atoms with Gasteiger partial charge in [-0.3, -0.25) is 4.79 Å². The van der Waals surface area contributed by atoms with Crippen LogP contribution in [-0.4, -0.2) is 11.1 Å². The Hall–Kier alpha value is -0.630. The van der Waals surface area contributed by atoms with Gasteiger partial charge in [-0.1, -0.05) is 40.2 Å². The van der Waals surface area contributed by atoms with Crippen LogP contribution in [0.5, 0.6) is 0 Å². The predicted molar refractivity (Wildman–Crippen MR) is 51.9 cm³/mol. The number of fused-ring (bicyclic) bond motifs is 1. The summed E-state index contributed by atoms with van der Waals surface area (Å²) in [6, 6.07) is 7.88. The predicted octanol–water partition coefficient (Wildman–Crippen LogP) is 2.75. The van der Waals surface area contributed by atoms with E-state index < -0.39 is 0 Å². The molecule has 0 aromatic heterocycles. The van der Waals surface area contributed by atoms with Crippen LogP contribution >= 0.6 is 15.9 Å². The van der Waals surface area contributed by atoms with Crippen molar-refractivity contribution in [2.45, 2.75) is 12.3 Å². The van der Waals surface area contributed by atoms with Crippen LogP contribution in [0.3, 0.4) is 0 Å². The number of Topliss-reactive ketones (excluding diaryl/α,β-unsaturated/α-hetero) is 1. The van der Waals surface area contributed by atoms with Gasteiger partial charge in [0.2, 0.25) is 0 Å². The Morgan fingerprint density at radius 2 is 2.17 bits per heavy atom. The zero-order chi connectivity index (χ0) is 8.55. The van der Waals surface area contributed by atoms with Gasteiger partial charge in [0.25, 0.3) is 0 Å². The number of carbonyl (C=O) groups excluding carboxylic acids is 1. The van der Waals surface area contributed by atoms with Gasteiger partial charge in [-0.15, -0.1) is 0 Å². The van der Waals surface area contributed by atoms with Crippen molar-refractivity contribution in [2.75, 3.05) is 5.33 Å². The van der Waals surface area contributed by atoms with E-state index in [1.54, 1.807) is 0 Å². The minimum absolute atomic E-state index is 0.287. The van der Waals surface area contributed by atoms with Gasteiger partial charge < -0.3 is 0 Å². The van der Waals surface area contributed by atoms with Gasteiger partial charge in [-0.2, -0.15) is 0 Å². The SMILES string of the molecule is O=C1CC(CBr)c2ccccc21. The van der Waals surface area contributed by atoms with Crippen LogP contribution < -0.4 is 0 Å². The topological polar surface area (TPSA) is 17.1 Å². The molecule has 2 rings (SSSR count). The first-order valence-corrected chi connectivity index (χ1v) is 5.13. The summed E-state index contributed by atoms with van der Waals surface area (Å²) in [5, 5.41) is 0.885. The molecule has 0 aliphatic heterocycles. The highest BCUT2D eigenvalue weighted by Gasteiger charge is 2.27. The standard InChI is InChI=1S/C10H9BrO/c11-6-7-5-10(12)9-4-2-1-3-8(7)9/h1-4,7H,5-6H2. The molecule has 0 bridgehead atoms. The highest BCUT2D eigenvalue weighted by atomic mass is 79.9. The molecule has 0 spiro atoms. The average Bonchev–Trinajstić information content (AvgIpc) is 2.44. The fourth-order valence-electron chi connectivity index (χ4n) is 1.69. The fraction of sp³-hybridized carbons (Fsp3) is 0.300. The summed E-state index contributed by atoms with van der Waals surface area (Å²) in [7, 11) is 0. The third kappa shape index (κ3) is 1.11. The zero-order valence-electron chi connectivity index (χ0n) is 6.59. The Balaban J connectivity index is 2.50. The molecule has 2 heteroatoms. The lowest BCUT2D eigenvalue weighted by atomic mass is 10.0. The maximum absolute atomic E-state index is 11.4. The van der Waals surface area contributed by atoms with Crippen molar-refractivity contribution in [1.29, 1.82) is 0 Å². The Bertz CT molecular complexity index is 319. The zero-order valence-corrected chi connectivity index (χ0v) is 8.17. The molecule has 0 fully saturated rings. The minimum atomic E-state index is 0.287. The molecule has 1 aliphatic carbocycles. The van der Waals surface area contributed by atoms with Crippen LogP contribution in [0, 0.1) is 0 Å². The summed E-state index contributed by atoms with van der Waals surface area (Å²) in [6.07, 6.45) is 0.671. The minimum Gasteiger partial charge on any atom is -0.294 e. The number of alkyl halides is 1. The van der Waals surface area contributed by atoms with Crippen LogP contribution in [0.1, 0.15) is 28.3 Å². The molecule has 0 radical (unpaired) electrons. The Kier molecular flexibility index (Phi) is 2.01. The average molecular weight is 225 g/mol. The van der Waals surface area contributed by atoms with Crippen molar-refractivity contribution in [2.24, 2.45) is 0 Å². The van der Waals surface area contributed by atoms with Crippen LogP contribution in [0.2, 0.25) is 0 Å². The first-order chi connectivity index (χ1) is 5.83. The summed E-state index contributed by atoms with van der Waals surface area (Å²) < 4.78 is 0. The molecule has 0 amide bonds. The largest absolute Gasteiger partial charge is 0.294 e. The second-order valence-corrected chi connectivity index (χ2v) is 3.71. The molecule has 0 N–H and O–H groups in total. The Morgan fingerprint density at radius 3 is 2.92 bits per heavy atom. The third-order valence-corrected chi connectivity index (χ3v) is 3.10. The highest BCUT2D eigenvalue weighted by Crippen LogP contribution is 2.33. The Morgan fingerprint density at radius 1 is 1.42 bits per heavy atom. The van der Waals surface area contributed by atoms with E-state index in [0.29, 0.717) is 12.3 Å². The van der Waals surface area contributed by atoms with Crippen molar-refractivity contribution in [3.05, 3.63) is 35.4 Å². The van der Waals surface area contributed by atoms with Crippen LogP contribution in [0.25, 0.3) is 0 Å². The number of ketones is 1. The lowest BCUT2D eigenvalue weighted by Gasteiger charge is -2.03. The normalized spacial score (nSPS) is 21.1. The van der Waals surface area contributed by atoms with E-state index in [2.05, 4.69) is 15.9 Å². The molecule has 1 aromatic carbocycles. The number of benzene rings is 1. The van der Waals surface area contributed by atoms with Crippen molar-refractivity contribution in [3.63, 3.8) is 0 Å². The van der Waals surface area contributed by atoms with E-state index in [1.165, 1.54) is 5.56 Å². The van der Waals surface area contributed by atoms with Crippen LogP contribution in [0.15, 0.2) is 24.3 Å². The molecule has 0 saturated heterocycles. The lowest BCUT2D eigenvalue weighted by molar-refractivity contribution is 0.0990. The number of rotatable bonds is 1. The first kappa shape index (κ1) is 7.99. The van der Waals surface area contributed by atoms with Gasteiger partial charge in [-0.05, 0) is 5.56 Å². The molecule has 1 aromatic rings. The summed E-state index contributed by atoms with van der Waals surface area (Å²) >= 11 is 3.42. The van der Waals surface area contributed by atoms with E-state index >= 15 is 0 Å². The van der Waals surface area contributed by atoms with Crippen molar-refractivity contribution < 1.29 is 4.79 Å². The molecule has 0 saturated carbocycles. The first-order valence-electron chi connectivity index (χ1n) is 4.01. The summed E-state index contributed by atoms with van der Waals surface area (Å²) in [5.74, 6) is 0.684. The highest BCUT2D eigenvalue weighted by molar-refractivity contribution is 9.09. The van der Waals surface area contributed by atoms with Crippen molar-refractivity contribution in [3.8, 4) is 0 Å².